The fourth-order valence-corrected chi connectivity index (χ4v) is 6.34. The van der Waals surface area contributed by atoms with Gasteiger partial charge in [0.15, 0.2) is 5.01 Å². The summed E-state index contributed by atoms with van der Waals surface area (Å²) < 4.78 is 0. The zero-order chi connectivity index (χ0) is 24.0. The molecule has 2 unspecified atom stereocenters. The zero-order valence-corrected chi connectivity index (χ0v) is 22.3. The van der Waals surface area contributed by atoms with E-state index in [0.717, 1.165) is 53.8 Å². The predicted molar refractivity (Wildman–Crippen MR) is 143 cm³/mol. The Bertz CT molecular complexity index is 1260. The lowest BCUT2D eigenvalue weighted by atomic mass is 9.74. The van der Waals surface area contributed by atoms with Gasteiger partial charge in [-0.2, -0.15) is 0 Å². The molecule has 5 rings (SSSR count). The van der Waals surface area contributed by atoms with Crippen molar-refractivity contribution >= 4 is 57.9 Å². The first kappa shape index (κ1) is 26.1. The summed E-state index contributed by atoms with van der Waals surface area (Å²) in [6, 6.07) is 7.25. The van der Waals surface area contributed by atoms with E-state index in [1.54, 1.807) is 12.1 Å². The Morgan fingerprint density at radius 1 is 1.31 bits per heavy atom. The monoisotopic (exact) mass is 535 g/mol. The molecule has 188 valence electrons. The molecule has 4 N–H and O–H groups in total. The number of carbonyl (C=O) groups excluding carboxylic acids is 2. The summed E-state index contributed by atoms with van der Waals surface area (Å²) in [5.41, 5.74) is 7.89. The second-order valence-electron chi connectivity index (χ2n) is 9.76. The van der Waals surface area contributed by atoms with Crippen molar-refractivity contribution < 1.29 is 9.59 Å². The third-order valence-corrected chi connectivity index (χ3v) is 8.51. The number of thiazole rings is 1. The van der Waals surface area contributed by atoms with E-state index in [-0.39, 0.29) is 24.1 Å². The maximum Gasteiger partial charge on any atom is 0.280 e. The fraction of sp³-hybridized carbons (Fsp3) is 0.480. The minimum absolute atomic E-state index is 0. The van der Waals surface area contributed by atoms with Crippen molar-refractivity contribution in [3.8, 4) is 0 Å². The molecule has 1 amide bonds. The molecule has 2 aliphatic rings. The highest BCUT2D eigenvalue weighted by Crippen LogP contribution is 2.32. The third kappa shape index (κ3) is 5.00. The van der Waals surface area contributed by atoms with Gasteiger partial charge in [-0.05, 0) is 51.0 Å². The molecule has 7 nitrogen and oxygen atoms in total. The lowest BCUT2D eigenvalue weighted by Gasteiger charge is -2.39. The summed E-state index contributed by atoms with van der Waals surface area (Å²) in [5.74, 6) is -0.427. The number of halogens is 2. The first-order valence-corrected chi connectivity index (χ1v) is 13.1. The molecule has 1 aliphatic heterocycles. The normalized spacial score (nSPS) is 22.6. The van der Waals surface area contributed by atoms with Crippen LogP contribution >= 0.6 is 35.3 Å². The van der Waals surface area contributed by atoms with Crippen molar-refractivity contribution in [1.82, 2.24) is 20.2 Å². The number of hydrogen-bond donors (Lipinski definition) is 3. The van der Waals surface area contributed by atoms with Crippen LogP contribution in [0, 0.1) is 0 Å². The van der Waals surface area contributed by atoms with E-state index < -0.39 is 11.6 Å². The Hall–Kier alpha value is -1.97. The summed E-state index contributed by atoms with van der Waals surface area (Å²) in [5, 5.41) is 5.00. The molecule has 0 saturated heterocycles. The number of amides is 1. The molecule has 35 heavy (non-hydrogen) atoms. The lowest BCUT2D eigenvalue weighted by Crippen LogP contribution is -2.64. The number of nitrogens with two attached hydrogens (primary N) is 1. The van der Waals surface area contributed by atoms with Crippen molar-refractivity contribution in [2.24, 2.45) is 5.73 Å². The van der Waals surface area contributed by atoms with Crippen LogP contribution < -0.4 is 11.1 Å². The van der Waals surface area contributed by atoms with Crippen LogP contribution in [0.2, 0.25) is 5.02 Å². The molecule has 3 aromatic rings. The van der Waals surface area contributed by atoms with Gasteiger partial charge >= 0.3 is 0 Å². The number of fused-ring (bicyclic) bond motifs is 2. The number of H-pyrrole nitrogens is 1. The molecular formula is C25H31Cl2N5O2S. The lowest BCUT2D eigenvalue weighted by molar-refractivity contribution is 0.0755. The second-order valence-corrected chi connectivity index (χ2v) is 11.3. The van der Waals surface area contributed by atoms with Crippen molar-refractivity contribution in [2.45, 2.75) is 70.1 Å². The van der Waals surface area contributed by atoms with Crippen LogP contribution in [0.4, 0.5) is 0 Å². The van der Waals surface area contributed by atoms with Crippen molar-refractivity contribution in [3.05, 3.63) is 50.6 Å². The molecule has 1 fully saturated rings. The largest absolute Gasteiger partial charge is 0.352 e. The smallest absolute Gasteiger partial charge is 0.280 e. The molecule has 1 saturated carbocycles. The van der Waals surface area contributed by atoms with Gasteiger partial charge in [-0.15, -0.1) is 23.7 Å². The van der Waals surface area contributed by atoms with E-state index in [4.69, 9.17) is 17.3 Å². The highest BCUT2D eigenvalue weighted by molar-refractivity contribution is 7.13. The van der Waals surface area contributed by atoms with E-state index in [1.807, 2.05) is 12.1 Å². The first-order valence-electron chi connectivity index (χ1n) is 11.9. The number of hydrogen-bond acceptors (Lipinski definition) is 6. The summed E-state index contributed by atoms with van der Waals surface area (Å²) in [4.78, 5) is 38.2. The van der Waals surface area contributed by atoms with Crippen molar-refractivity contribution in [1.29, 1.82) is 0 Å². The highest BCUT2D eigenvalue weighted by Gasteiger charge is 2.45. The van der Waals surface area contributed by atoms with Gasteiger partial charge < -0.3 is 16.0 Å². The number of rotatable bonds is 5. The Labute approximate surface area is 220 Å². The zero-order valence-electron chi connectivity index (χ0n) is 19.9. The van der Waals surface area contributed by atoms with Gasteiger partial charge in [-0.25, -0.2) is 4.98 Å². The number of aromatic amines is 1. The molecular weight excluding hydrogens is 505 g/mol. The van der Waals surface area contributed by atoms with Crippen LogP contribution in [0.25, 0.3) is 10.9 Å². The number of carbonyl (C=O) groups is 2. The molecule has 1 aromatic carbocycles. The van der Waals surface area contributed by atoms with Crippen molar-refractivity contribution in [2.75, 3.05) is 6.54 Å². The van der Waals surface area contributed by atoms with Crippen LogP contribution in [-0.2, 0) is 13.0 Å². The van der Waals surface area contributed by atoms with Gasteiger partial charge in [-0.1, -0.05) is 24.4 Å². The van der Waals surface area contributed by atoms with E-state index >= 15 is 0 Å². The topological polar surface area (TPSA) is 104 Å². The van der Waals surface area contributed by atoms with Gasteiger partial charge in [-0.3, -0.25) is 14.5 Å². The number of nitrogens with zero attached hydrogens (tertiary/aromatic N) is 2. The molecule has 10 heteroatoms. The second kappa shape index (κ2) is 10.2. The van der Waals surface area contributed by atoms with Gasteiger partial charge in [0.05, 0.1) is 17.4 Å². The maximum absolute atomic E-state index is 13.6. The van der Waals surface area contributed by atoms with Crippen LogP contribution in [0.1, 0.15) is 70.4 Å². The van der Waals surface area contributed by atoms with Gasteiger partial charge in [0.2, 0.25) is 5.78 Å². The van der Waals surface area contributed by atoms with Gasteiger partial charge in [0.1, 0.15) is 5.54 Å². The Kier molecular flexibility index (Phi) is 7.60. The molecule has 3 heterocycles. The van der Waals surface area contributed by atoms with Crippen molar-refractivity contribution in [3.63, 3.8) is 0 Å². The predicted octanol–water partition coefficient (Wildman–Crippen LogP) is 4.72. The molecule has 2 atom stereocenters. The number of nitrogens with one attached hydrogen (secondary N) is 2. The molecule has 0 spiro atoms. The number of benzene rings is 1. The fourth-order valence-electron chi connectivity index (χ4n) is 5.12. The van der Waals surface area contributed by atoms with E-state index in [1.165, 1.54) is 11.3 Å². The Morgan fingerprint density at radius 3 is 2.89 bits per heavy atom. The minimum Gasteiger partial charge on any atom is -0.352 e. The summed E-state index contributed by atoms with van der Waals surface area (Å²) >= 11 is 7.56. The minimum atomic E-state index is -1.18. The highest BCUT2D eigenvalue weighted by atomic mass is 35.5. The quantitative estimate of drug-likeness (QED) is 0.410. The van der Waals surface area contributed by atoms with Gasteiger partial charge in [0, 0.05) is 46.4 Å². The average Bonchev–Trinajstić information content (AvgIpc) is 3.43. The standard InChI is InChI=1S/C25H30ClN5O2S.ClH/c1-14(2)31-10-8-18-20(13-31)34-24(29-18)23(33)30-21-5-3-4-9-25(21,27)22(32)19-12-15-11-16(26)6-7-17(15)28-19;/h6-7,11-12,14,21,28H,3-5,8-10,13,27H2,1-2H3,(H,30,33);1H. The van der Waals surface area contributed by atoms with Crippen LogP contribution in [0.5, 0.6) is 0 Å². The molecule has 2 aromatic heterocycles. The average molecular weight is 537 g/mol. The first-order chi connectivity index (χ1) is 16.2. The van der Waals surface area contributed by atoms with Gasteiger partial charge in [0.25, 0.3) is 5.91 Å². The molecule has 0 bridgehead atoms. The number of aromatic nitrogens is 2. The van der Waals surface area contributed by atoms with E-state index in [2.05, 4.69) is 34.0 Å². The van der Waals surface area contributed by atoms with E-state index in [9.17, 15) is 9.59 Å². The summed E-state index contributed by atoms with van der Waals surface area (Å²) in [6.07, 6.45) is 3.79. The molecule has 1 aliphatic carbocycles. The SMILES string of the molecule is CC(C)N1CCc2nc(C(=O)NC3CCCCC3(N)C(=O)c3cc4cc(Cl)ccc4[nH]3)sc2C1.Cl. The van der Waals surface area contributed by atoms with Crippen LogP contribution in [0.3, 0.4) is 0 Å². The molecule has 0 radical (unpaired) electrons. The summed E-state index contributed by atoms with van der Waals surface area (Å²) in [6.45, 7) is 6.14. The van der Waals surface area contributed by atoms with Crippen LogP contribution in [0.15, 0.2) is 24.3 Å². The Balaban J connectivity index is 0.00000289. The summed E-state index contributed by atoms with van der Waals surface area (Å²) in [7, 11) is 0. The maximum atomic E-state index is 13.6. The Morgan fingerprint density at radius 2 is 2.11 bits per heavy atom. The number of Topliss-reactive ketones (excluding diaryl/α,β-unsaturated/α-hetero) is 1. The third-order valence-electron chi connectivity index (χ3n) is 7.20. The van der Waals surface area contributed by atoms with E-state index in [0.29, 0.717) is 34.6 Å². The number of ketones is 1. The van der Waals surface area contributed by atoms with Crippen LogP contribution in [-0.4, -0.2) is 50.7 Å².